The second kappa shape index (κ2) is 17.1. The first kappa shape index (κ1) is 43.3. The van der Waals surface area contributed by atoms with Crippen molar-refractivity contribution in [2.45, 2.75) is 77.0 Å². The zero-order valence-corrected chi connectivity index (χ0v) is 38.6. The summed E-state index contributed by atoms with van der Waals surface area (Å²) < 4.78 is 40.1. The molecule has 61 heavy (non-hydrogen) atoms. The molecule has 6 nitrogen and oxygen atoms in total. The van der Waals surface area contributed by atoms with Gasteiger partial charge in [-0.05, 0) is 45.5 Å². The maximum absolute atomic E-state index is 7.30. The average Bonchev–Trinajstić information content (AvgIpc) is 3.29. The van der Waals surface area contributed by atoms with E-state index in [9.17, 15) is 0 Å². The minimum Gasteiger partial charge on any atom is -0.335 e. The fourth-order valence-corrected chi connectivity index (χ4v) is 11.3. The molecule has 0 aromatic heterocycles. The summed E-state index contributed by atoms with van der Waals surface area (Å²) in [5.74, 6) is 1.29. The van der Waals surface area contributed by atoms with Crippen LogP contribution in [0.25, 0.3) is 0 Å². The average molecular weight is 854 g/mol. The van der Waals surface area contributed by atoms with E-state index < -0.39 is 24.4 Å². The predicted molar refractivity (Wildman–Crippen MR) is 250 cm³/mol. The van der Waals surface area contributed by atoms with E-state index in [0.29, 0.717) is 37.9 Å². The van der Waals surface area contributed by atoms with E-state index in [2.05, 4.69) is 213 Å². The third-order valence-corrected chi connectivity index (χ3v) is 15.3. The third kappa shape index (κ3) is 8.69. The Balaban J connectivity index is 1.27. The summed E-state index contributed by atoms with van der Waals surface area (Å²) in [4.78, 5) is 0. The first-order chi connectivity index (χ1) is 29.2. The number of rotatable bonds is 12. The van der Waals surface area contributed by atoms with E-state index in [1.54, 1.807) is 0 Å². The minimum absolute atomic E-state index is 0.000824. The van der Waals surface area contributed by atoms with Crippen molar-refractivity contribution in [3.63, 3.8) is 0 Å². The molecule has 1 spiro atoms. The molecule has 8 heteroatoms. The fraction of sp³-hybridized carbons (Fsp3) is 0.321. The van der Waals surface area contributed by atoms with Gasteiger partial charge in [0.15, 0.2) is 20.5 Å². The lowest BCUT2D eigenvalue weighted by atomic mass is 9.73. The van der Waals surface area contributed by atoms with Gasteiger partial charge in [-0.2, -0.15) is 0 Å². The van der Waals surface area contributed by atoms with E-state index in [1.807, 2.05) is 0 Å². The van der Waals surface area contributed by atoms with E-state index in [4.69, 9.17) is 27.1 Å². The second-order valence-corrected chi connectivity index (χ2v) is 21.2. The first-order valence-electron chi connectivity index (χ1n) is 21.2. The molecule has 0 saturated carbocycles. The highest BCUT2D eigenvalue weighted by molar-refractivity contribution is 7.57. The predicted octanol–water partition coefficient (Wildman–Crippen LogP) is 13.7. The maximum atomic E-state index is 7.30. The number of hydrogen-bond donors (Lipinski definition) is 0. The lowest BCUT2D eigenvalue weighted by molar-refractivity contribution is -0.0754. The van der Waals surface area contributed by atoms with Crippen molar-refractivity contribution in [2.24, 2.45) is 5.41 Å². The lowest BCUT2D eigenvalue weighted by Gasteiger charge is -2.39. The summed E-state index contributed by atoms with van der Waals surface area (Å²) in [6, 6.07) is 55.6. The molecule has 0 aliphatic carbocycles. The first-order valence-corrected chi connectivity index (χ1v) is 23.5. The molecule has 0 amide bonds. The van der Waals surface area contributed by atoms with Crippen LogP contribution in [0.5, 0.6) is 11.5 Å². The van der Waals surface area contributed by atoms with Crippen LogP contribution in [-0.4, -0.2) is 26.4 Å². The van der Waals surface area contributed by atoms with Gasteiger partial charge in [-0.3, -0.25) is 9.05 Å². The third-order valence-electron chi connectivity index (χ3n) is 13.1. The van der Waals surface area contributed by atoms with Crippen LogP contribution in [0.15, 0.2) is 158 Å². The normalized spacial score (nSPS) is 16.9. The van der Waals surface area contributed by atoms with E-state index in [1.165, 1.54) is 22.3 Å². The molecule has 316 valence electrons. The SMILES string of the molecule is CC(C)(c1ccccc1)c1ccc(O[P+]2(Oc3ccc(C(C)(C)c4ccccc4)cc3C(C)(C)c3ccccc3)OCC3(COPOC3)CO2)c(C(C)(C)c2ccccc2)c1. The molecule has 0 unspecified atom stereocenters. The van der Waals surface area contributed by atoms with Gasteiger partial charge in [0, 0.05) is 32.8 Å². The topological polar surface area (TPSA) is 55.4 Å². The molecule has 2 saturated heterocycles. The van der Waals surface area contributed by atoms with Gasteiger partial charge in [0.25, 0.3) is 0 Å². The smallest absolute Gasteiger partial charge is 0.335 e. The zero-order valence-electron chi connectivity index (χ0n) is 36.7. The van der Waals surface area contributed by atoms with Crippen molar-refractivity contribution in [1.29, 1.82) is 0 Å². The van der Waals surface area contributed by atoms with Crippen LogP contribution in [0.2, 0.25) is 0 Å². The Morgan fingerprint density at radius 1 is 0.410 bits per heavy atom. The van der Waals surface area contributed by atoms with Gasteiger partial charge in [0.05, 0.1) is 18.6 Å². The fourth-order valence-electron chi connectivity index (χ4n) is 8.53. The maximum Gasteiger partial charge on any atom is 0.669 e. The second-order valence-electron chi connectivity index (χ2n) is 18.7. The molecule has 2 heterocycles. The molecule has 2 fully saturated rings. The van der Waals surface area contributed by atoms with Crippen LogP contribution in [0.3, 0.4) is 0 Å². The summed E-state index contributed by atoms with van der Waals surface area (Å²) in [6.07, 6.45) is 0. The largest absolute Gasteiger partial charge is 0.669 e. The Kier molecular flexibility index (Phi) is 12.1. The molecule has 0 N–H and O–H groups in total. The van der Waals surface area contributed by atoms with E-state index >= 15 is 0 Å². The van der Waals surface area contributed by atoms with Gasteiger partial charge in [-0.25, -0.2) is 0 Å². The number of benzene rings is 6. The van der Waals surface area contributed by atoms with Crippen molar-refractivity contribution >= 4 is 17.2 Å². The van der Waals surface area contributed by atoms with Crippen molar-refractivity contribution in [1.82, 2.24) is 0 Å². The van der Waals surface area contributed by atoms with Gasteiger partial charge >= 0.3 is 8.17 Å². The minimum atomic E-state index is -3.64. The van der Waals surface area contributed by atoms with Crippen molar-refractivity contribution in [3.8, 4) is 11.5 Å². The van der Waals surface area contributed by atoms with Crippen molar-refractivity contribution < 1.29 is 27.1 Å². The van der Waals surface area contributed by atoms with Gasteiger partial charge in [-0.1, -0.05) is 201 Å². The summed E-state index contributed by atoms with van der Waals surface area (Å²) in [6.45, 7) is 19.6. The molecular formula is C53H59O6P2+. The molecule has 0 bridgehead atoms. The molecular weight excluding hydrogens is 795 g/mol. The monoisotopic (exact) mass is 853 g/mol. The van der Waals surface area contributed by atoms with Crippen LogP contribution in [0, 0.1) is 5.41 Å². The van der Waals surface area contributed by atoms with Gasteiger partial charge in [-0.15, -0.1) is 9.05 Å². The summed E-state index contributed by atoms with van der Waals surface area (Å²) in [7, 11) is -3.64. The van der Waals surface area contributed by atoms with Crippen LogP contribution in [-0.2, 0) is 39.8 Å². The summed E-state index contributed by atoms with van der Waals surface area (Å²) in [5, 5.41) is 0. The Morgan fingerprint density at radius 3 is 1.08 bits per heavy atom. The van der Waals surface area contributed by atoms with Gasteiger partial charge in [0.1, 0.15) is 13.2 Å². The Morgan fingerprint density at radius 2 is 0.738 bits per heavy atom. The van der Waals surface area contributed by atoms with Gasteiger partial charge in [0.2, 0.25) is 0 Å². The van der Waals surface area contributed by atoms with Crippen molar-refractivity contribution in [2.75, 3.05) is 26.4 Å². The van der Waals surface area contributed by atoms with Gasteiger partial charge < -0.3 is 9.05 Å². The standard InChI is InChI=1S/C53H59O6P2/c1-49(2,39-21-13-9-14-22-39)43-29-31-47(45(33-43)51(5,6)41-25-17-11-18-26-41)58-61(56-37-53(38-57-61)35-54-60-55-36-53)59-48-32-30-44(50(3,4)40-23-15-10-16-24-40)34-46(48)52(7,8)42-27-19-12-20-28-42/h9-34,60H,35-38H2,1-8H3/q+1. The molecule has 8 rings (SSSR count). The zero-order chi connectivity index (χ0) is 42.9. The molecule has 2 aliphatic heterocycles. The summed E-state index contributed by atoms with van der Waals surface area (Å²) >= 11 is 0. The van der Waals surface area contributed by atoms with E-state index in [0.717, 1.165) is 22.3 Å². The summed E-state index contributed by atoms with van der Waals surface area (Å²) in [5.41, 5.74) is 7.13. The van der Waals surface area contributed by atoms with E-state index in [-0.39, 0.29) is 19.9 Å². The highest BCUT2D eigenvalue weighted by Crippen LogP contribution is 2.67. The molecule has 0 radical (unpaired) electrons. The molecule has 6 aromatic carbocycles. The Hall–Kier alpha value is -4.38. The van der Waals surface area contributed by atoms with Crippen molar-refractivity contribution in [3.05, 3.63) is 202 Å². The molecule has 2 aliphatic rings. The quantitative estimate of drug-likeness (QED) is 0.114. The van der Waals surface area contributed by atoms with Crippen LogP contribution >= 0.6 is 17.2 Å². The van der Waals surface area contributed by atoms with Crippen LogP contribution in [0.4, 0.5) is 0 Å². The highest BCUT2D eigenvalue weighted by Gasteiger charge is 2.62. The van der Waals surface area contributed by atoms with Crippen LogP contribution < -0.4 is 9.05 Å². The molecule has 0 atom stereocenters. The lowest BCUT2D eigenvalue weighted by Crippen LogP contribution is -2.46. The molecule has 6 aromatic rings. The number of hydrogen-bond acceptors (Lipinski definition) is 6. The Labute approximate surface area is 365 Å². The highest BCUT2D eigenvalue weighted by atomic mass is 31.2. The Bertz CT molecular complexity index is 2250. The van der Waals surface area contributed by atoms with Crippen LogP contribution in [0.1, 0.15) is 99.9 Å².